The molecule has 0 radical (unpaired) electrons. The fraction of sp³-hybridized carbons (Fsp3) is 0.364. The van der Waals surface area contributed by atoms with Gasteiger partial charge in [-0.05, 0) is 34.6 Å². The molecule has 0 atom stereocenters. The molecule has 2 rings (SSSR count). The number of nitro benzene ring substituents is 1. The number of carbonyl (C=O) groups excluding carboxylic acids is 1. The van der Waals surface area contributed by atoms with Crippen LogP contribution in [-0.4, -0.2) is 22.2 Å². The van der Waals surface area contributed by atoms with Crippen LogP contribution in [0.2, 0.25) is 0 Å². The highest BCUT2D eigenvalue weighted by molar-refractivity contribution is 5.98. The zero-order valence-electron chi connectivity index (χ0n) is 17.6. The van der Waals surface area contributed by atoms with Gasteiger partial charge in [0.1, 0.15) is 11.3 Å². The Morgan fingerprint density at radius 1 is 1.07 bits per heavy atom. The second-order valence-electron chi connectivity index (χ2n) is 8.94. The van der Waals surface area contributed by atoms with E-state index in [1.165, 1.54) is 24.4 Å². The highest BCUT2D eigenvalue weighted by Gasteiger charge is 2.26. The first-order valence-corrected chi connectivity index (χ1v) is 9.27. The van der Waals surface area contributed by atoms with Gasteiger partial charge in [-0.2, -0.15) is 5.10 Å². The summed E-state index contributed by atoms with van der Waals surface area (Å²) in [6, 6.07) is 9.34. The topological polar surface area (TPSA) is 105 Å². The molecule has 1 amide bonds. The van der Waals surface area contributed by atoms with E-state index in [4.69, 9.17) is 0 Å². The SMILES string of the molecule is CC(C)(C)c1cc(/C=N\NC(=O)c2ccccc2[N+](=O)[O-])cc(C(C)(C)C)c1O. The molecule has 0 heterocycles. The van der Waals surface area contributed by atoms with E-state index >= 15 is 0 Å². The van der Waals surface area contributed by atoms with Gasteiger partial charge in [-0.15, -0.1) is 0 Å². The third kappa shape index (κ3) is 5.19. The number of rotatable bonds is 4. The lowest BCUT2D eigenvalue weighted by molar-refractivity contribution is -0.385. The number of nitro groups is 1. The van der Waals surface area contributed by atoms with E-state index < -0.39 is 10.8 Å². The number of hydrazone groups is 1. The first-order chi connectivity index (χ1) is 13.3. The number of carbonyl (C=O) groups is 1. The molecule has 7 nitrogen and oxygen atoms in total. The predicted molar refractivity (Wildman–Crippen MR) is 114 cm³/mol. The van der Waals surface area contributed by atoms with Crippen LogP contribution >= 0.6 is 0 Å². The Hall–Kier alpha value is -3.22. The Morgan fingerprint density at radius 2 is 1.59 bits per heavy atom. The van der Waals surface area contributed by atoms with Gasteiger partial charge in [0, 0.05) is 17.2 Å². The van der Waals surface area contributed by atoms with Crippen LogP contribution in [0.3, 0.4) is 0 Å². The van der Waals surface area contributed by atoms with Crippen molar-refractivity contribution in [2.75, 3.05) is 0 Å². The maximum Gasteiger partial charge on any atom is 0.282 e. The molecule has 7 heteroatoms. The van der Waals surface area contributed by atoms with Crippen molar-refractivity contribution < 1.29 is 14.8 Å². The summed E-state index contributed by atoms with van der Waals surface area (Å²) in [6.07, 6.45) is 1.47. The lowest BCUT2D eigenvalue weighted by atomic mass is 9.78. The minimum Gasteiger partial charge on any atom is -0.507 e. The molecule has 29 heavy (non-hydrogen) atoms. The maximum absolute atomic E-state index is 12.3. The fourth-order valence-corrected chi connectivity index (χ4v) is 2.93. The van der Waals surface area contributed by atoms with Crippen molar-refractivity contribution in [1.29, 1.82) is 0 Å². The van der Waals surface area contributed by atoms with Crippen LogP contribution in [0, 0.1) is 10.1 Å². The number of amides is 1. The average molecular weight is 397 g/mol. The molecule has 0 saturated heterocycles. The Balaban J connectivity index is 2.36. The van der Waals surface area contributed by atoms with Crippen LogP contribution in [0.5, 0.6) is 5.75 Å². The van der Waals surface area contributed by atoms with E-state index in [9.17, 15) is 20.0 Å². The van der Waals surface area contributed by atoms with Gasteiger partial charge < -0.3 is 5.11 Å². The van der Waals surface area contributed by atoms with Crippen molar-refractivity contribution in [2.24, 2.45) is 5.10 Å². The number of benzene rings is 2. The summed E-state index contributed by atoms with van der Waals surface area (Å²) >= 11 is 0. The van der Waals surface area contributed by atoms with Crippen LogP contribution in [0.25, 0.3) is 0 Å². The number of nitrogens with zero attached hydrogens (tertiary/aromatic N) is 2. The fourth-order valence-electron chi connectivity index (χ4n) is 2.93. The molecule has 2 aromatic carbocycles. The molecule has 0 aliphatic rings. The summed E-state index contributed by atoms with van der Waals surface area (Å²) in [4.78, 5) is 22.8. The van der Waals surface area contributed by atoms with Crippen LogP contribution in [-0.2, 0) is 10.8 Å². The van der Waals surface area contributed by atoms with Gasteiger partial charge in [0.15, 0.2) is 0 Å². The highest BCUT2D eigenvalue weighted by atomic mass is 16.6. The number of phenolic OH excluding ortho intramolecular Hbond substituents is 1. The van der Waals surface area contributed by atoms with Crippen molar-refractivity contribution in [1.82, 2.24) is 5.43 Å². The van der Waals surface area contributed by atoms with Gasteiger partial charge in [0.2, 0.25) is 0 Å². The van der Waals surface area contributed by atoms with Crippen molar-refractivity contribution in [3.8, 4) is 5.75 Å². The molecule has 154 valence electrons. The molecular weight excluding hydrogens is 370 g/mol. The smallest absolute Gasteiger partial charge is 0.282 e. The minimum atomic E-state index is -0.667. The van der Waals surface area contributed by atoms with Gasteiger partial charge in [-0.1, -0.05) is 53.7 Å². The van der Waals surface area contributed by atoms with Crippen LogP contribution in [0.4, 0.5) is 5.69 Å². The van der Waals surface area contributed by atoms with E-state index in [2.05, 4.69) is 10.5 Å². The van der Waals surface area contributed by atoms with E-state index in [1.54, 1.807) is 6.07 Å². The van der Waals surface area contributed by atoms with E-state index in [0.29, 0.717) is 5.56 Å². The molecule has 0 aliphatic carbocycles. The van der Waals surface area contributed by atoms with Gasteiger partial charge in [0.05, 0.1) is 11.1 Å². The predicted octanol–water partition coefficient (Wildman–Crippen LogP) is 4.66. The first-order valence-electron chi connectivity index (χ1n) is 9.27. The van der Waals surface area contributed by atoms with Crippen LogP contribution < -0.4 is 5.43 Å². The molecule has 0 saturated carbocycles. The van der Waals surface area contributed by atoms with Crippen LogP contribution in [0.15, 0.2) is 41.5 Å². The monoisotopic (exact) mass is 397 g/mol. The molecule has 0 aliphatic heterocycles. The third-order valence-electron chi connectivity index (χ3n) is 4.47. The van der Waals surface area contributed by atoms with Gasteiger partial charge in [0.25, 0.3) is 11.6 Å². The number of hydrogen-bond donors (Lipinski definition) is 2. The normalized spacial score (nSPS) is 12.2. The molecule has 0 aromatic heterocycles. The number of aromatic hydroxyl groups is 1. The third-order valence-corrected chi connectivity index (χ3v) is 4.47. The number of para-hydroxylation sites is 1. The number of nitrogens with one attached hydrogen (secondary N) is 1. The van der Waals surface area contributed by atoms with Gasteiger partial charge >= 0.3 is 0 Å². The second kappa shape index (κ2) is 8.03. The zero-order chi connectivity index (χ0) is 22.0. The minimum absolute atomic E-state index is 0.0638. The number of phenols is 1. The summed E-state index contributed by atoms with van der Waals surface area (Å²) in [6.45, 7) is 12.0. The lowest BCUT2D eigenvalue weighted by Gasteiger charge is -2.27. The summed E-state index contributed by atoms with van der Waals surface area (Å²) in [5.41, 5.74) is 3.67. The zero-order valence-corrected chi connectivity index (χ0v) is 17.6. The summed E-state index contributed by atoms with van der Waals surface area (Å²) < 4.78 is 0. The highest BCUT2D eigenvalue weighted by Crippen LogP contribution is 2.39. The van der Waals surface area contributed by atoms with Crippen LogP contribution in [0.1, 0.15) is 68.6 Å². The quantitative estimate of drug-likeness (QED) is 0.445. The lowest BCUT2D eigenvalue weighted by Crippen LogP contribution is -2.20. The second-order valence-corrected chi connectivity index (χ2v) is 8.94. The molecular formula is C22H27N3O4. The molecule has 0 spiro atoms. The van der Waals surface area contributed by atoms with Gasteiger partial charge in [-0.3, -0.25) is 14.9 Å². The van der Waals surface area contributed by atoms with Crippen molar-refractivity contribution in [3.05, 3.63) is 68.8 Å². The first kappa shape index (κ1) is 22.1. The maximum atomic E-state index is 12.3. The largest absolute Gasteiger partial charge is 0.507 e. The Bertz CT molecular complexity index is 932. The molecule has 0 unspecified atom stereocenters. The van der Waals surface area contributed by atoms with E-state index in [-0.39, 0.29) is 27.8 Å². The molecule has 2 aromatic rings. The van der Waals surface area contributed by atoms with Gasteiger partial charge in [-0.25, -0.2) is 5.43 Å². The average Bonchev–Trinajstić information content (AvgIpc) is 2.60. The Kier molecular flexibility index (Phi) is 6.11. The van der Waals surface area contributed by atoms with Crippen molar-refractivity contribution in [3.63, 3.8) is 0 Å². The molecule has 0 bridgehead atoms. The number of hydrogen-bond acceptors (Lipinski definition) is 5. The van der Waals surface area contributed by atoms with Crippen molar-refractivity contribution in [2.45, 2.75) is 52.4 Å². The standard InChI is InChI=1S/C22H27N3O4/c1-21(2,3)16-11-14(12-17(19(16)26)22(4,5)6)13-23-24-20(27)15-9-7-8-10-18(15)25(28)29/h7-13,26H,1-6H3,(H,24,27)/b23-13-. The summed E-state index contributed by atoms with van der Waals surface area (Å²) in [5.74, 6) is -0.412. The van der Waals surface area contributed by atoms with Crippen molar-refractivity contribution >= 4 is 17.8 Å². The summed E-state index contributed by atoms with van der Waals surface area (Å²) in [5, 5.41) is 25.8. The molecule has 0 fully saturated rings. The summed E-state index contributed by atoms with van der Waals surface area (Å²) in [7, 11) is 0. The Labute approximate surface area is 170 Å². The van der Waals surface area contributed by atoms with E-state index in [0.717, 1.165) is 11.1 Å². The van der Waals surface area contributed by atoms with E-state index in [1.807, 2.05) is 53.7 Å². The Morgan fingerprint density at radius 3 is 2.07 bits per heavy atom. The molecule has 2 N–H and O–H groups in total.